The standard InChI is InChI=1S/C19H23N5O4/c1-13-12-23(7-8-28-13)18-6-3-14(10-21-18)11-22-19(25)16-9-15(24(26)27)4-5-17(16)20-2/h3-6,9-10,13,20H,7-8,11-12H2,1-2H3,(H,22,25). The predicted molar refractivity (Wildman–Crippen MR) is 106 cm³/mol. The van der Waals surface area contributed by atoms with Crippen LogP contribution in [0.5, 0.6) is 0 Å². The van der Waals surface area contributed by atoms with E-state index in [1.165, 1.54) is 18.2 Å². The number of pyridine rings is 1. The number of non-ortho nitro benzene ring substituents is 1. The Balaban J connectivity index is 1.64. The summed E-state index contributed by atoms with van der Waals surface area (Å²) in [7, 11) is 1.66. The number of carbonyl (C=O) groups is 1. The van der Waals surface area contributed by atoms with Gasteiger partial charge in [-0.05, 0) is 24.6 Å². The molecule has 1 unspecified atom stereocenters. The molecule has 0 spiro atoms. The molecule has 0 aliphatic carbocycles. The van der Waals surface area contributed by atoms with E-state index in [9.17, 15) is 14.9 Å². The molecule has 9 heteroatoms. The van der Waals surface area contributed by atoms with Crippen molar-refractivity contribution < 1.29 is 14.5 Å². The molecule has 1 aromatic carbocycles. The second kappa shape index (κ2) is 8.66. The lowest BCUT2D eigenvalue weighted by molar-refractivity contribution is -0.384. The molecule has 9 nitrogen and oxygen atoms in total. The van der Waals surface area contributed by atoms with E-state index < -0.39 is 4.92 Å². The lowest BCUT2D eigenvalue weighted by atomic mass is 10.1. The van der Waals surface area contributed by atoms with Gasteiger partial charge in [0.2, 0.25) is 0 Å². The molecule has 1 aliphatic rings. The summed E-state index contributed by atoms with van der Waals surface area (Å²) in [5.74, 6) is 0.487. The smallest absolute Gasteiger partial charge is 0.270 e. The average Bonchev–Trinajstić information content (AvgIpc) is 2.71. The van der Waals surface area contributed by atoms with Crippen molar-refractivity contribution in [3.63, 3.8) is 0 Å². The second-order valence-corrected chi connectivity index (χ2v) is 6.57. The van der Waals surface area contributed by atoms with Gasteiger partial charge in [-0.15, -0.1) is 0 Å². The van der Waals surface area contributed by atoms with E-state index in [4.69, 9.17) is 4.74 Å². The zero-order valence-electron chi connectivity index (χ0n) is 15.8. The molecule has 2 heterocycles. The first-order valence-corrected chi connectivity index (χ1v) is 9.04. The van der Waals surface area contributed by atoms with E-state index in [1.807, 2.05) is 19.1 Å². The van der Waals surface area contributed by atoms with Gasteiger partial charge in [0.05, 0.1) is 23.2 Å². The fraction of sp³-hybridized carbons (Fsp3) is 0.368. The van der Waals surface area contributed by atoms with Crippen molar-refractivity contribution in [3.05, 3.63) is 57.8 Å². The van der Waals surface area contributed by atoms with Crippen molar-refractivity contribution in [3.8, 4) is 0 Å². The van der Waals surface area contributed by atoms with Crippen LogP contribution < -0.4 is 15.5 Å². The van der Waals surface area contributed by atoms with Crippen LogP contribution in [0.4, 0.5) is 17.2 Å². The van der Waals surface area contributed by atoms with Gasteiger partial charge in [-0.25, -0.2) is 4.98 Å². The maximum atomic E-state index is 12.5. The maximum absolute atomic E-state index is 12.5. The number of hydrogen-bond donors (Lipinski definition) is 2. The van der Waals surface area contributed by atoms with Crippen LogP contribution in [0.15, 0.2) is 36.5 Å². The van der Waals surface area contributed by atoms with Crippen LogP contribution >= 0.6 is 0 Å². The molecule has 0 bridgehead atoms. The quantitative estimate of drug-likeness (QED) is 0.579. The highest BCUT2D eigenvalue weighted by atomic mass is 16.6. The molecule has 148 valence electrons. The summed E-state index contributed by atoms with van der Waals surface area (Å²) >= 11 is 0. The number of ether oxygens (including phenoxy) is 1. The van der Waals surface area contributed by atoms with Crippen LogP contribution in [-0.2, 0) is 11.3 Å². The number of benzene rings is 1. The van der Waals surface area contributed by atoms with Gasteiger partial charge in [0.1, 0.15) is 5.82 Å². The fourth-order valence-corrected chi connectivity index (χ4v) is 3.06. The average molecular weight is 385 g/mol. The summed E-state index contributed by atoms with van der Waals surface area (Å²) in [5.41, 5.74) is 1.46. The van der Waals surface area contributed by atoms with Crippen LogP contribution in [0.1, 0.15) is 22.8 Å². The molecular weight excluding hydrogens is 362 g/mol. The molecule has 28 heavy (non-hydrogen) atoms. The normalized spacial score (nSPS) is 16.5. The first-order chi connectivity index (χ1) is 13.5. The van der Waals surface area contributed by atoms with Gasteiger partial charge in [-0.1, -0.05) is 6.07 Å². The largest absolute Gasteiger partial charge is 0.387 e. The van der Waals surface area contributed by atoms with E-state index in [1.54, 1.807) is 13.2 Å². The number of nitrogens with one attached hydrogen (secondary N) is 2. The third-order valence-electron chi connectivity index (χ3n) is 4.56. The van der Waals surface area contributed by atoms with Crippen LogP contribution in [0.25, 0.3) is 0 Å². The Hall–Kier alpha value is -3.20. The molecule has 2 N–H and O–H groups in total. The van der Waals surface area contributed by atoms with Crippen LogP contribution in [0, 0.1) is 10.1 Å². The Kier molecular flexibility index (Phi) is 6.05. The number of anilines is 2. The van der Waals surface area contributed by atoms with Gasteiger partial charge in [0.25, 0.3) is 11.6 Å². The van der Waals surface area contributed by atoms with Crippen LogP contribution in [0.2, 0.25) is 0 Å². The maximum Gasteiger partial charge on any atom is 0.270 e. The number of morpholine rings is 1. The lowest BCUT2D eigenvalue weighted by Crippen LogP contribution is -2.41. The molecule has 1 aromatic heterocycles. The van der Waals surface area contributed by atoms with E-state index >= 15 is 0 Å². The number of nitrogens with zero attached hydrogens (tertiary/aromatic N) is 3. The number of nitro benzene ring substituents is 1. The summed E-state index contributed by atoms with van der Waals surface area (Å²) in [6.07, 6.45) is 1.90. The van der Waals surface area contributed by atoms with Crippen molar-refractivity contribution in [1.82, 2.24) is 10.3 Å². The fourth-order valence-electron chi connectivity index (χ4n) is 3.06. The van der Waals surface area contributed by atoms with E-state index in [0.717, 1.165) is 24.5 Å². The Morgan fingerprint density at radius 3 is 2.86 bits per heavy atom. The summed E-state index contributed by atoms with van der Waals surface area (Å²) < 4.78 is 5.54. The number of amides is 1. The minimum Gasteiger partial charge on any atom is -0.387 e. The summed E-state index contributed by atoms with van der Waals surface area (Å²) in [5, 5.41) is 16.6. The van der Waals surface area contributed by atoms with Gasteiger partial charge in [0, 0.05) is 50.7 Å². The Morgan fingerprint density at radius 2 is 2.21 bits per heavy atom. The summed E-state index contributed by atoms with van der Waals surface area (Å²) in [6.45, 7) is 4.58. The molecule has 1 amide bonds. The topological polar surface area (TPSA) is 110 Å². The number of rotatable bonds is 6. The third kappa shape index (κ3) is 4.55. The first kappa shape index (κ1) is 19.6. The molecule has 1 aliphatic heterocycles. The van der Waals surface area contributed by atoms with Crippen molar-refractivity contribution >= 4 is 23.1 Å². The third-order valence-corrected chi connectivity index (χ3v) is 4.56. The molecular formula is C19H23N5O4. The van der Waals surface area contributed by atoms with Gasteiger partial charge in [-0.3, -0.25) is 14.9 Å². The highest BCUT2D eigenvalue weighted by Crippen LogP contribution is 2.22. The van der Waals surface area contributed by atoms with Crippen molar-refractivity contribution in [2.24, 2.45) is 0 Å². The SMILES string of the molecule is CNc1ccc([N+](=O)[O-])cc1C(=O)NCc1ccc(N2CCOC(C)C2)nc1. The summed E-state index contributed by atoms with van der Waals surface area (Å²) in [6, 6.07) is 7.98. The van der Waals surface area contributed by atoms with Crippen molar-refractivity contribution in [2.45, 2.75) is 19.6 Å². The number of nitro groups is 1. The Bertz CT molecular complexity index is 856. The Labute approximate surface area is 162 Å². The van der Waals surface area contributed by atoms with Gasteiger partial charge in [-0.2, -0.15) is 0 Å². The van der Waals surface area contributed by atoms with Crippen LogP contribution in [-0.4, -0.2) is 48.7 Å². The molecule has 0 saturated carbocycles. The molecule has 3 rings (SSSR count). The molecule has 0 radical (unpaired) electrons. The highest BCUT2D eigenvalue weighted by Gasteiger charge is 2.18. The van der Waals surface area contributed by atoms with Crippen LogP contribution in [0.3, 0.4) is 0 Å². The Morgan fingerprint density at radius 1 is 1.39 bits per heavy atom. The minimum atomic E-state index is -0.522. The van der Waals surface area contributed by atoms with Gasteiger partial charge >= 0.3 is 0 Å². The van der Waals surface area contributed by atoms with E-state index in [-0.39, 0.29) is 29.8 Å². The molecule has 1 atom stereocenters. The monoisotopic (exact) mass is 385 g/mol. The van der Waals surface area contributed by atoms with E-state index in [2.05, 4.69) is 20.5 Å². The molecule has 1 saturated heterocycles. The number of hydrogen-bond acceptors (Lipinski definition) is 7. The first-order valence-electron chi connectivity index (χ1n) is 9.04. The number of carbonyl (C=O) groups excluding carboxylic acids is 1. The van der Waals surface area contributed by atoms with Gasteiger partial charge in [0.15, 0.2) is 0 Å². The summed E-state index contributed by atoms with van der Waals surface area (Å²) in [4.78, 5) is 29.6. The zero-order valence-corrected chi connectivity index (χ0v) is 15.8. The molecule has 1 fully saturated rings. The molecule has 2 aromatic rings. The predicted octanol–water partition coefficient (Wildman–Crippen LogP) is 2.19. The van der Waals surface area contributed by atoms with Crippen molar-refractivity contribution in [1.29, 1.82) is 0 Å². The second-order valence-electron chi connectivity index (χ2n) is 6.57. The minimum absolute atomic E-state index is 0.130. The van der Waals surface area contributed by atoms with Gasteiger partial charge < -0.3 is 20.3 Å². The zero-order chi connectivity index (χ0) is 20.1. The van der Waals surface area contributed by atoms with Crippen molar-refractivity contribution in [2.75, 3.05) is 37.0 Å². The van der Waals surface area contributed by atoms with E-state index in [0.29, 0.717) is 12.3 Å². The lowest BCUT2D eigenvalue weighted by Gasteiger charge is -2.32. The highest BCUT2D eigenvalue weighted by molar-refractivity contribution is 6.00. The number of aromatic nitrogens is 1.